The quantitative estimate of drug-likeness (QED) is 0.635. The number of hydrogen-bond acceptors (Lipinski definition) is 0. The summed E-state index contributed by atoms with van der Waals surface area (Å²) in [5.41, 5.74) is 7.60. The molecule has 0 nitrogen and oxygen atoms in total. The lowest BCUT2D eigenvalue weighted by Gasteiger charge is -2.24. The summed E-state index contributed by atoms with van der Waals surface area (Å²) in [4.78, 5) is 0. The van der Waals surface area contributed by atoms with Crippen LogP contribution >= 0.6 is 0 Å². The van der Waals surface area contributed by atoms with E-state index < -0.39 is 0 Å². The van der Waals surface area contributed by atoms with Crippen molar-refractivity contribution in [2.45, 2.75) is 73.1 Å². The van der Waals surface area contributed by atoms with Gasteiger partial charge in [0.1, 0.15) is 0 Å². The summed E-state index contributed by atoms with van der Waals surface area (Å²) in [7, 11) is 0. The Kier molecular flexibility index (Phi) is 5.54. The van der Waals surface area contributed by atoms with Crippen molar-refractivity contribution in [3.63, 3.8) is 0 Å². The summed E-state index contributed by atoms with van der Waals surface area (Å²) in [6.07, 6.45) is 0. The fraction of sp³-hybridized carbons (Fsp3) is 0.478. The molecule has 1 heteroatoms. The highest BCUT2D eigenvalue weighted by molar-refractivity contribution is 5.33. The Morgan fingerprint density at radius 1 is 0.625 bits per heavy atom. The molecule has 0 aliphatic heterocycles. The summed E-state index contributed by atoms with van der Waals surface area (Å²) in [6.45, 7) is 20.6. The van der Waals surface area contributed by atoms with Gasteiger partial charge in [0, 0.05) is 11.1 Å². The molecule has 0 atom stereocenters. The number of hydrogen-bond donors (Lipinski definition) is 0. The van der Waals surface area contributed by atoms with Gasteiger partial charge in [-0.25, -0.2) is 0 Å². The van der Waals surface area contributed by atoms with Crippen molar-refractivity contribution < 1.29 is 21.2 Å². The van der Waals surface area contributed by atoms with Gasteiger partial charge in [-0.2, -0.15) is 0 Å². The molecule has 0 saturated heterocycles. The van der Waals surface area contributed by atoms with Gasteiger partial charge in [-0.05, 0) is 54.9 Å². The van der Waals surface area contributed by atoms with Gasteiger partial charge >= 0.3 is 21.2 Å². The van der Waals surface area contributed by atoms with Crippen molar-refractivity contribution in [3.05, 3.63) is 65.3 Å². The van der Waals surface area contributed by atoms with Gasteiger partial charge in [0.05, 0.1) is 0 Å². The van der Waals surface area contributed by atoms with Crippen LogP contribution in [0, 0.1) is 27.9 Å². The smallest absolute Gasteiger partial charge is 0.0561 e. The minimum Gasteiger partial charge on any atom is -0.0561 e. The number of rotatable bonds is 2. The molecule has 0 fully saturated rings. The summed E-state index contributed by atoms with van der Waals surface area (Å²) < 4.78 is 3.13. The highest BCUT2D eigenvalue weighted by Crippen LogP contribution is 2.28. The highest BCUT2D eigenvalue weighted by Gasteiger charge is 2.27. The minimum absolute atomic E-state index is 0.158. The third-order valence-corrected chi connectivity index (χ3v) is 7.90. The van der Waals surface area contributed by atoms with E-state index in [0.717, 1.165) is 0 Å². The molecule has 2 aromatic carbocycles. The second-order valence-corrected chi connectivity index (χ2v) is 11.9. The van der Waals surface area contributed by atoms with Crippen LogP contribution in [0.25, 0.3) is 0 Å². The number of aryl methyl sites for hydroxylation is 3. The van der Waals surface area contributed by atoms with Crippen molar-refractivity contribution in [3.8, 4) is 0 Å². The zero-order valence-corrected chi connectivity index (χ0v) is 18.9. The molecule has 0 heterocycles. The van der Waals surface area contributed by atoms with Gasteiger partial charge in [0.25, 0.3) is 0 Å². The van der Waals surface area contributed by atoms with Gasteiger partial charge in [0.2, 0.25) is 0 Å². The number of benzene rings is 2. The van der Waals surface area contributed by atoms with Crippen LogP contribution in [0.2, 0.25) is 0 Å². The maximum Gasteiger partial charge on any atom is 0.358 e. The standard InChI is InChI=1S/C23H32I/c1-15-10-16(2)21(17(3)11-15)24-20-13-18(22(4,5)6)12-19(14-20)23(7,8)9/h10-14H,1-9H3/q+1. The molecule has 0 radical (unpaired) electrons. The molecule has 0 bridgehead atoms. The Morgan fingerprint density at radius 2 is 1.04 bits per heavy atom. The average molecular weight is 435 g/mol. The lowest BCUT2D eigenvalue weighted by atomic mass is 9.81. The lowest BCUT2D eigenvalue weighted by molar-refractivity contribution is -0.598. The van der Waals surface area contributed by atoms with Crippen LogP contribution in [0.1, 0.15) is 69.4 Å². The predicted molar refractivity (Wildman–Crippen MR) is 102 cm³/mol. The summed E-state index contributed by atoms with van der Waals surface area (Å²) in [6, 6.07) is 12.0. The second-order valence-electron chi connectivity index (χ2n) is 9.04. The molecular formula is C23H32I+. The summed E-state index contributed by atoms with van der Waals surface area (Å²) >= 11 is -0.158. The van der Waals surface area contributed by atoms with Crippen molar-refractivity contribution in [2.24, 2.45) is 0 Å². The predicted octanol–water partition coefficient (Wildman–Crippen LogP) is 3.34. The van der Waals surface area contributed by atoms with E-state index in [0.29, 0.717) is 0 Å². The van der Waals surface area contributed by atoms with E-state index in [2.05, 4.69) is 92.6 Å². The van der Waals surface area contributed by atoms with Crippen LogP contribution in [0.15, 0.2) is 30.3 Å². The van der Waals surface area contributed by atoms with Crippen molar-refractivity contribution in [1.82, 2.24) is 0 Å². The molecule has 0 unspecified atom stereocenters. The van der Waals surface area contributed by atoms with Crippen LogP contribution < -0.4 is 21.2 Å². The topological polar surface area (TPSA) is 0 Å². The Hall–Kier alpha value is -0.830. The van der Waals surface area contributed by atoms with Crippen LogP contribution in [0.3, 0.4) is 0 Å². The lowest BCUT2D eigenvalue weighted by Crippen LogP contribution is -3.62. The van der Waals surface area contributed by atoms with Crippen LogP contribution in [0.5, 0.6) is 0 Å². The first-order valence-electron chi connectivity index (χ1n) is 8.76. The van der Waals surface area contributed by atoms with E-state index >= 15 is 0 Å². The van der Waals surface area contributed by atoms with E-state index in [4.69, 9.17) is 0 Å². The van der Waals surface area contributed by atoms with E-state index in [1.165, 1.54) is 27.8 Å². The van der Waals surface area contributed by atoms with Gasteiger partial charge < -0.3 is 0 Å². The van der Waals surface area contributed by atoms with Gasteiger partial charge in [0.15, 0.2) is 7.14 Å². The summed E-state index contributed by atoms with van der Waals surface area (Å²) in [5, 5.41) is 0. The first-order valence-corrected chi connectivity index (χ1v) is 10.9. The Morgan fingerprint density at radius 3 is 1.42 bits per heavy atom. The Balaban J connectivity index is 2.55. The molecule has 0 aliphatic carbocycles. The average Bonchev–Trinajstić information content (AvgIpc) is 2.40. The second kappa shape index (κ2) is 6.82. The van der Waals surface area contributed by atoms with E-state index in [1.807, 2.05) is 0 Å². The Bertz CT molecular complexity index is 684. The van der Waals surface area contributed by atoms with E-state index in [-0.39, 0.29) is 32.0 Å². The molecule has 0 aliphatic rings. The maximum absolute atomic E-state index is 2.46. The Labute approximate surface area is 159 Å². The van der Waals surface area contributed by atoms with Crippen molar-refractivity contribution >= 4 is 0 Å². The maximum atomic E-state index is 2.46. The van der Waals surface area contributed by atoms with Crippen molar-refractivity contribution in [2.75, 3.05) is 0 Å². The fourth-order valence-corrected chi connectivity index (χ4v) is 5.70. The highest BCUT2D eigenvalue weighted by atomic mass is 127. The normalized spacial score (nSPS) is 12.5. The summed E-state index contributed by atoms with van der Waals surface area (Å²) in [5.74, 6) is 0. The van der Waals surface area contributed by atoms with Crippen LogP contribution in [-0.2, 0) is 10.8 Å². The van der Waals surface area contributed by atoms with Crippen LogP contribution in [0.4, 0.5) is 0 Å². The molecule has 2 aromatic rings. The monoisotopic (exact) mass is 435 g/mol. The third kappa shape index (κ3) is 4.62. The molecule has 0 spiro atoms. The van der Waals surface area contributed by atoms with Gasteiger partial charge in [-0.3, -0.25) is 0 Å². The van der Waals surface area contributed by atoms with E-state index in [1.54, 1.807) is 7.14 Å². The molecule has 130 valence electrons. The third-order valence-electron chi connectivity index (χ3n) is 4.41. The zero-order chi connectivity index (χ0) is 18.3. The largest absolute Gasteiger partial charge is 0.358 e. The fourth-order valence-electron chi connectivity index (χ4n) is 2.93. The van der Waals surface area contributed by atoms with Gasteiger partial charge in [-0.1, -0.05) is 65.3 Å². The first-order chi connectivity index (χ1) is 10.9. The molecular weight excluding hydrogens is 403 g/mol. The molecule has 0 aromatic heterocycles. The molecule has 24 heavy (non-hydrogen) atoms. The molecule has 0 N–H and O–H groups in total. The molecule has 0 saturated carbocycles. The minimum atomic E-state index is -0.158. The van der Waals surface area contributed by atoms with Gasteiger partial charge in [-0.15, -0.1) is 0 Å². The van der Waals surface area contributed by atoms with Crippen LogP contribution in [-0.4, -0.2) is 0 Å². The van der Waals surface area contributed by atoms with E-state index in [9.17, 15) is 0 Å². The first kappa shape index (κ1) is 19.5. The molecule has 0 amide bonds. The number of halogens is 1. The van der Waals surface area contributed by atoms with Crippen molar-refractivity contribution in [1.29, 1.82) is 0 Å². The molecule has 2 rings (SSSR count). The SMILES string of the molecule is Cc1cc(C)c([I+]c2cc(C(C)(C)C)cc(C(C)(C)C)c2)c(C)c1. The zero-order valence-electron chi connectivity index (χ0n) is 16.8.